The summed E-state index contributed by atoms with van der Waals surface area (Å²) < 4.78 is 0. The molecule has 2 rings (SSSR count). The van der Waals surface area contributed by atoms with Gasteiger partial charge in [-0.2, -0.15) is 0 Å². The lowest BCUT2D eigenvalue weighted by Crippen LogP contribution is -2.19. The first-order valence-corrected chi connectivity index (χ1v) is 6.20. The van der Waals surface area contributed by atoms with Gasteiger partial charge in [-0.1, -0.05) is 30.3 Å². The Morgan fingerprint density at radius 1 is 1.17 bits per heavy atom. The van der Waals surface area contributed by atoms with Crippen molar-refractivity contribution in [2.24, 2.45) is 5.73 Å². The van der Waals surface area contributed by atoms with Crippen LogP contribution in [0.5, 0.6) is 0 Å². The number of hydrogen-bond acceptors (Lipinski definition) is 2. The van der Waals surface area contributed by atoms with Crippen LogP contribution in [0.4, 0.5) is 5.69 Å². The molecule has 3 nitrogen and oxygen atoms in total. The van der Waals surface area contributed by atoms with Crippen LogP contribution in [0.3, 0.4) is 0 Å². The van der Waals surface area contributed by atoms with E-state index in [0.29, 0.717) is 0 Å². The first kappa shape index (κ1) is 12.5. The predicted octanol–water partition coefficient (Wildman–Crippen LogP) is 2.52. The maximum Gasteiger partial charge on any atom is 0.168 e. The summed E-state index contributed by atoms with van der Waals surface area (Å²) in [5.41, 5.74) is 8.67. The molecule has 1 heterocycles. The van der Waals surface area contributed by atoms with Gasteiger partial charge >= 0.3 is 0 Å². The standard InChI is InChI=1S/C14H15N3S/c15-14(18)17-13-8-9-16-12(10-13)7-6-11-4-2-1-3-5-11/h1-5,8-10H,6-7H2,(H3,15,16,17,18). The van der Waals surface area contributed by atoms with Crippen molar-refractivity contribution in [3.63, 3.8) is 0 Å². The predicted molar refractivity (Wildman–Crippen MR) is 78.5 cm³/mol. The Morgan fingerprint density at radius 3 is 2.67 bits per heavy atom. The maximum atomic E-state index is 5.44. The van der Waals surface area contributed by atoms with E-state index < -0.39 is 0 Å². The summed E-state index contributed by atoms with van der Waals surface area (Å²) in [6.07, 6.45) is 3.64. The number of rotatable bonds is 4. The van der Waals surface area contributed by atoms with Gasteiger partial charge in [-0.3, -0.25) is 4.98 Å². The van der Waals surface area contributed by atoms with Crippen LogP contribution in [-0.4, -0.2) is 10.1 Å². The molecule has 0 saturated carbocycles. The molecule has 3 N–H and O–H groups in total. The van der Waals surface area contributed by atoms with E-state index in [9.17, 15) is 0 Å². The highest BCUT2D eigenvalue weighted by molar-refractivity contribution is 7.80. The third-order valence-corrected chi connectivity index (χ3v) is 2.70. The summed E-state index contributed by atoms with van der Waals surface area (Å²) in [6.45, 7) is 0. The molecule has 0 saturated heterocycles. The summed E-state index contributed by atoms with van der Waals surface area (Å²) in [4.78, 5) is 4.34. The highest BCUT2D eigenvalue weighted by Gasteiger charge is 1.99. The van der Waals surface area contributed by atoms with E-state index in [2.05, 4.69) is 22.4 Å². The third kappa shape index (κ3) is 3.82. The molecule has 0 spiro atoms. The van der Waals surface area contributed by atoms with Crippen LogP contribution < -0.4 is 11.1 Å². The van der Waals surface area contributed by atoms with E-state index in [0.717, 1.165) is 24.2 Å². The lowest BCUT2D eigenvalue weighted by Gasteiger charge is -2.06. The van der Waals surface area contributed by atoms with Gasteiger partial charge in [-0.15, -0.1) is 0 Å². The Morgan fingerprint density at radius 2 is 1.94 bits per heavy atom. The van der Waals surface area contributed by atoms with Gasteiger partial charge in [0.1, 0.15) is 0 Å². The van der Waals surface area contributed by atoms with E-state index in [4.69, 9.17) is 18.0 Å². The topological polar surface area (TPSA) is 50.9 Å². The normalized spacial score (nSPS) is 10.0. The first-order chi connectivity index (χ1) is 8.74. The molecule has 0 bridgehead atoms. The van der Waals surface area contributed by atoms with Gasteiger partial charge in [0.2, 0.25) is 0 Å². The molecule has 18 heavy (non-hydrogen) atoms. The highest BCUT2D eigenvalue weighted by Crippen LogP contribution is 2.10. The van der Waals surface area contributed by atoms with Crippen molar-refractivity contribution in [3.05, 3.63) is 59.9 Å². The third-order valence-electron chi connectivity index (χ3n) is 2.60. The van der Waals surface area contributed by atoms with Crippen molar-refractivity contribution in [3.8, 4) is 0 Å². The molecule has 0 aliphatic rings. The van der Waals surface area contributed by atoms with Crippen molar-refractivity contribution in [1.82, 2.24) is 4.98 Å². The van der Waals surface area contributed by atoms with Gasteiger partial charge in [0, 0.05) is 17.6 Å². The zero-order chi connectivity index (χ0) is 12.8. The second-order valence-corrected chi connectivity index (χ2v) is 4.45. The second-order valence-electron chi connectivity index (χ2n) is 4.01. The minimum atomic E-state index is 0.273. The number of aryl methyl sites for hydroxylation is 2. The summed E-state index contributed by atoms with van der Waals surface area (Å²) in [5.74, 6) is 0. The van der Waals surface area contributed by atoms with E-state index in [-0.39, 0.29) is 5.11 Å². The lowest BCUT2D eigenvalue weighted by molar-refractivity contribution is 0.914. The van der Waals surface area contributed by atoms with Crippen LogP contribution in [-0.2, 0) is 12.8 Å². The lowest BCUT2D eigenvalue weighted by atomic mass is 10.1. The van der Waals surface area contributed by atoms with Crippen molar-refractivity contribution >= 4 is 23.0 Å². The zero-order valence-electron chi connectivity index (χ0n) is 9.97. The van der Waals surface area contributed by atoms with Crippen molar-refractivity contribution in [2.45, 2.75) is 12.8 Å². The fourth-order valence-corrected chi connectivity index (χ4v) is 1.87. The Bertz CT molecular complexity index is 526. The fraction of sp³-hybridized carbons (Fsp3) is 0.143. The molecule has 0 fully saturated rings. The number of nitrogens with zero attached hydrogens (tertiary/aromatic N) is 1. The van der Waals surface area contributed by atoms with Crippen LogP contribution in [0.2, 0.25) is 0 Å². The number of aromatic nitrogens is 1. The molecule has 1 aromatic carbocycles. The van der Waals surface area contributed by atoms with Gasteiger partial charge in [0.25, 0.3) is 0 Å². The molecular weight excluding hydrogens is 242 g/mol. The van der Waals surface area contributed by atoms with Crippen LogP contribution in [0, 0.1) is 0 Å². The first-order valence-electron chi connectivity index (χ1n) is 5.79. The zero-order valence-corrected chi connectivity index (χ0v) is 10.8. The van der Waals surface area contributed by atoms with E-state index in [1.807, 2.05) is 30.3 Å². The van der Waals surface area contributed by atoms with Gasteiger partial charge in [-0.25, -0.2) is 0 Å². The van der Waals surface area contributed by atoms with Crippen LogP contribution in [0.15, 0.2) is 48.7 Å². The molecule has 4 heteroatoms. The Hall–Kier alpha value is -1.94. The molecule has 2 aromatic rings. The number of nitrogens with one attached hydrogen (secondary N) is 1. The van der Waals surface area contributed by atoms with E-state index in [1.54, 1.807) is 6.20 Å². The summed E-state index contributed by atoms with van der Waals surface area (Å²) in [5, 5.41) is 3.19. The van der Waals surface area contributed by atoms with Crippen LogP contribution in [0.1, 0.15) is 11.3 Å². The van der Waals surface area contributed by atoms with E-state index >= 15 is 0 Å². The molecule has 92 valence electrons. The van der Waals surface area contributed by atoms with Crippen molar-refractivity contribution in [2.75, 3.05) is 5.32 Å². The molecule has 1 aromatic heterocycles. The largest absolute Gasteiger partial charge is 0.376 e. The minimum Gasteiger partial charge on any atom is -0.376 e. The summed E-state index contributed by atoms with van der Waals surface area (Å²) in [7, 11) is 0. The smallest absolute Gasteiger partial charge is 0.168 e. The Kier molecular flexibility index (Phi) is 4.25. The van der Waals surface area contributed by atoms with Gasteiger partial charge in [0.15, 0.2) is 5.11 Å². The monoisotopic (exact) mass is 257 g/mol. The van der Waals surface area contributed by atoms with E-state index in [1.165, 1.54) is 5.56 Å². The van der Waals surface area contributed by atoms with Crippen LogP contribution >= 0.6 is 12.2 Å². The molecule has 0 aliphatic heterocycles. The number of pyridine rings is 1. The van der Waals surface area contributed by atoms with Gasteiger partial charge < -0.3 is 11.1 Å². The molecule has 0 aliphatic carbocycles. The molecule has 0 atom stereocenters. The number of nitrogens with two attached hydrogens (primary N) is 1. The average molecular weight is 257 g/mol. The number of anilines is 1. The quantitative estimate of drug-likeness (QED) is 0.826. The number of hydrogen-bond donors (Lipinski definition) is 2. The van der Waals surface area contributed by atoms with Crippen LogP contribution in [0.25, 0.3) is 0 Å². The number of benzene rings is 1. The highest BCUT2D eigenvalue weighted by atomic mass is 32.1. The van der Waals surface area contributed by atoms with Crippen molar-refractivity contribution < 1.29 is 0 Å². The Balaban J connectivity index is 1.99. The molecule has 0 radical (unpaired) electrons. The fourth-order valence-electron chi connectivity index (χ4n) is 1.75. The molecular formula is C14H15N3S. The van der Waals surface area contributed by atoms with Gasteiger partial charge in [-0.05, 0) is 42.8 Å². The second kappa shape index (κ2) is 6.12. The SMILES string of the molecule is NC(=S)Nc1ccnc(CCc2ccccc2)c1. The maximum absolute atomic E-state index is 5.44. The Labute approximate surface area is 112 Å². The average Bonchev–Trinajstić information content (AvgIpc) is 2.37. The molecule has 0 amide bonds. The number of thiocarbonyl (C=S) groups is 1. The van der Waals surface area contributed by atoms with Crippen molar-refractivity contribution in [1.29, 1.82) is 0 Å². The molecule has 0 unspecified atom stereocenters. The van der Waals surface area contributed by atoms with Gasteiger partial charge in [0.05, 0.1) is 0 Å². The summed E-state index contributed by atoms with van der Waals surface area (Å²) in [6, 6.07) is 14.2. The minimum absolute atomic E-state index is 0.273. The summed E-state index contributed by atoms with van der Waals surface area (Å²) >= 11 is 4.81.